The van der Waals surface area contributed by atoms with Crippen molar-refractivity contribution in [1.29, 1.82) is 0 Å². The first-order valence-corrected chi connectivity index (χ1v) is 16.8. The third kappa shape index (κ3) is 5.50. The van der Waals surface area contributed by atoms with Gasteiger partial charge in [-0.3, -0.25) is 9.59 Å². The predicted octanol–water partition coefficient (Wildman–Crippen LogP) is 3.98. The summed E-state index contributed by atoms with van der Waals surface area (Å²) in [6.07, 6.45) is 9.80. The number of hydrogen-bond donors (Lipinski definition) is 2. The number of ketones is 1. The van der Waals surface area contributed by atoms with Crippen LogP contribution in [0.2, 0.25) is 0 Å². The lowest BCUT2D eigenvalue weighted by molar-refractivity contribution is -0.220. The Morgan fingerprint density at radius 1 is 1.02 bits per heavy atom. The van der Waals surface area contributed by atoms with Crippen LogP contribution in [0.5, 0.6) is 0 Å². The van der Waals surface area contributed by atoms with Gasteiger partial charge in [0.2, 0.25) is 0 Å². The first kappa shape index (κ1) is 29.2. The van der Waals surface area contributed by atoms with Crippen LogP contribution in [0.1, 0.15) is 57.8 Å². The van der Waals surface area contributed by atoms with Crippen LogP contribution < -0.4 is 15.5 Å². The Morgan fingerprint density at radius 3 is 2.56 bits per heavy atom. The summed E-state index contributed by atoms with van der Waals surface area (Å²) >= 11 is 0. The lowest BCUT2D eigenvalue weighted by atomic mass is 9.64. The molecule has 0 bridgehead atoms. The van der Waals surface area contributed by atoms with Crippen LogP contribution >= 0.6 is 0 Å². The van der Waals surface area contributed by atoms with Gasteiger partial charge in [0.15, 0.2) is 5.78 Å². The summed E-state index contributed by atoms with van der Waals surface area (Å²) in [5, 5.41) is 6.52. The van der Waals surface area contributed by atoms with Crippen molar-refractivity contribution >= 4 is 23.1 Å². The largest absolute Gasteiger partial charge is 0.378 e. The average molecular weight is 594 g/mol. The molecule has 1 aromatic rings. The van der Waals surface area contributed by atoms with Gasteiger partial charge in [-0.15, -0.1) is 0 Å². The van der Waals surface area contributed by atoms with E-state index in [1.165, 1.54) is 32.1 Å². The third-order valence-corrected chi connectivity index (χ3v) is 11.4. The van der Waals surface area contributed by atoms with Crippen LogP contribution in [-0.4, -0.2) is 98.3 Å². The molecule has 0 spiro atoms. The minimum absolute atomic E-state index is 0.00136. The zero-order valence-electron chi connectivity index (χ0n) is 25.7. The molecule has 43 heavy (non-hydrogen) atoms. The Morgan fingerprint density at radius 2 is 1.79 bits per heavy atom. The zero-order chi connectivity index (χ0) is 29.7. The van der Waals surface area contributed by atoms with E-state index in [1.807, 2.05) is 49.5 Å². The predicted molar refractivity (Wildman–Crippen MR) is 166 cm³/mol. The minimum Gasteiger partial charge on any atom is -0.378 e. The molecule has 3 saturated carbocycles. The molecule has 0 aromatic heterocycles. The van der Waals surface area contributed by atoms with Crippen molar-refractivity contribution in [3.63, 3.8) is 0 Å². The fourth-order valence-corrected chi connectivity index (χ4v) is 9.20. The Labute approximate surface area is 255 Å². The fraction of sp³-hybridized carbons (Fsp3) is 0.706. The normalized spacial score (nSPS) is 37.2. The highest BCUT2D eigenvalue weighted by Gasteiger charge is 2.60. The highest BCUT2D eigenvalue weighted by atomic mass is 19.1. The number of benzene rings is 1. The Kier molecular flexibility index (Phi) is 8.24. The molecule has 9 unspecified atom stereocenters. The van der Waals surface area contributed by atoms with E-state index in [9.17, 15) is 9.59 Å². The molecule has 6 aliphatic rings. The van der Waals surface area contributed by atoms with Crippen LogP contribution in [0.15, 0.2) is 36.0 Å². The van der Waals surface area contributed by atoms with E-state index >= 15 is 4.39 Å². The summed E-state index contributed by atoms with van der Waals surface area (Å²) in [6.45, 7) is 3.84. The fourth-order valence-electron chi connectivity index (χ4n) is 9.20. The highest BCUT2D eigenvalue weighted by molar-refractivity contribution is 6.24. The van der Waals surface area contributed by atoms with Gasteiger partial charge in [0.1, 0.15) is 6.17 Å². The van der Waals surface area contributed by atoms with Crippen molar-refractivity contribution in [3.05, 3.63) is 36.0 Å². The number of rotatable bonds is 7. The lowest BCUT2D eigenvalue weighted by Gasteiger charge is -2.61. The number of ether oxygens (including phenoxy) is 1. The van der Waals surface area contributed by atoms with Gasteiger partial charge < -0.3 is 30.1 Å². The highest BCUT2D eigenvalue weighted by Crippen LogP contribution is 2.50. The molecule has 9 heteroatoms. The minimum atomic E-state index is -1.21. The van der Waals surface area contributed by atoms with Crippen LogP contribution in [0.25, 0.3) is 0 Å². The van der Waals surface area contributed by atoms with Crippen molar-refractivity contribution in [2.75, 3.05) is 50.5 Å². The molecule has 2 N–H and O–H groups in total. The Balaban J connectivity index is 1.17. The number of alkyl halides is 1. The summed E-state index contributed by atoms with van der Waals surface area (Å²) in [4.78, 5) is 34.4. The number of nitrogens with zero attached hydrogens (tertiary/aromatic N) is 3. The number of fused-ring (bicyclic) bond motifs is 4. The van der Waals surface area contributed by atoms with E-state index in [0.717, 1.165) is 44.6 Å². The summed E-state index contributed by atoms with van der Waals surface area (Å²) in [6, 6.07) is 6.99. The maximum atomic E-state index is 16.2. The molecule has 3 aliphatic carbocycles. The molecule has 1 amide bonds. The Bertz CT molecular complexity index is 1220. The lowest BCUT2D eigenvalue weighted by Crippen LogP contribution is -2.74. The molecule has 3 aliphatic heterocycles. The van der Waals surface area contributed by atoms with Gasteiger partial charge in [-0.25, -0.2) is 4.39 Å². The molecule has 7 rings (SSSR count). The molecule has 0 radical (unpaired) electrons. The van der Waals surface area contributed by atoms with Gasteiger partial charge >= 0.3 is 0 Å². The number of nitrogens with one attached hydrogen (secondary N) is 2. The summed E-state index contributed by atoms with van der Waals surface area (Å²) < 4.78 is 23.2. The average Bonchev–Trinajstić information content (AvgIpc) is 3.53. The number of morpholine rings is 1. The number of carbonyl (C=O) groups is 2. The van der Waals surface area contributed by atoms with E-state index < -0.39 is 30.1 Å². The topological polar surface area (TPSA) is 77.2 Å². The number of Topliss-reactive ketones (excluding diaryl/α,β-unsaturated/α-hetero) is 1. The SMILES string of the molecule is CN(C)c1ccc(NC(=O)C2=CN3C4CCC5CCCCC5C4OC4C(NCCN5CCCC5)C(F)CC(C2=O)C43)cc1. The van der Waals surface area contributed by atoms with E-state index in [0.29, 0.717) is 24.1 Å². The number of halogens is 1. The second kappa shape index (κ2) is 12.1. The maximum Gasteiger partial charge on any atom is 0.260 e. The van der Waals surface area contributed by atoms with Crippen LogP contribution in [-0.2, 0) is 14.3 Å². The second-order valence-electron chi connectivity index (χ2n) is 14.0. The van der Waals surface area contributed by atoms with Gasteiger partial charge in [-0.05, 0) is 87.7 Å². The van der Waals surface area contributed by atoms with Crippen LogP contribution in [0.3, 0.4) is 0 Å². The van der Waals surface area contributed by atoms with E-state index in [2.05, 4.69) is 20.4 Å². The van der Waals surface area contributed by atoms with Crippen LogP contribution in [0, 0.1) is 17.8 Å². The van der Waals surface area contributed by atoms with Crippen LogP contribution in [0.4, 0.5) is 15.8 Å². The summed E-state index contributed by atoms with van der Waals surface area (Å²) in [5.74, 6) is -0.148. The van der Waals surface area contributed by atoms with Crippen molar-refractivity contribution in [2.24, 2.45) is 17.8 Å². The maximum absolute atomic E-state index is 16.2. The molecule has 9 atom stereocenters. The van der Waals surface area contributed by atoms with Crippen molar-refractivity contribution in [1.82, 2.24) is 15.1 Å². The third-order valence-electron chi connectivity index (χ3n) is 11.4. The first-order chi connectivity index (χ1) is 20.9. The molecular formula is C34H48FN5O3. The molecule has 1 aromatic carbocycles. The molecular weight excluding hydrogens is 545 g/mol. The first-order valence-electron chi connectivity index (χ1n) is 16.8. The monoisotopic (exact) mass is 593 g/mol. The van der Waals surface area contributed by atoms with Gasteiger partial charge in [0.05, 0.1) is 35.9 Å². The number of anilines is 2. The number of carbonyl (C=O) groups excluding carboxylic acids is 2. The van der Waals surface area contributed by atoms with Gasteiger partial charge in [-0.1, -0.05) is 19.3 Å². The zero-order valence-corrected chi connectivity index (χ0v) is 25.7. The molecule has 234 valence electrons. The number of amides is 1. The molecule has 2 saturated heterocycles. The van der Waals surface area contributed by atoms with Crippen molar-refractivity contribution in [2.45, 2.75) is 94.3 Å². The number of likely N-dealkylation sites (tertiary alicyclic amines) is 1. The number of hydrogen-bond acceptors (Lipinski definition) is 7. The molecule has 8 nitrogen and oxygen atoms in total. The quantitative estimate of drug-likeness (QED) is 0.464. The van der Waals surface area contributed by atoms with E-state index in [4.69, 9.17) is 4.74 Å². The van der Waals surface area contributed by atoms with Gasteiger partial charge in [0, 0.05) is 50.7 Å². The van der Waals surface area contributed by atoms with Gasteiger partial charge in [0.25, 0.3) is 5.91 Å². The van der Waals surface area contributed by atoms with E-state index in [-0.39, 0.29) is 36.0 Å². The summed E-state index contributed by atoms with van der Waals surface area (Å²) in [5.41, 5.74) is 1.81. The van der Waals surface area contributed by atoms with Gasteiger partial charge in [-0.2, -0.15) is 0 Å². The van der Waals surface area contributed by atoms with Crippen molar-refractivity contribution < 1.29 is 18.7 Å². The smallest absolute Gasteiger partial charge is 0.260 e. The van der Waals surface area contributed by atoms with E-state index in [1.54, 1.807) is 0 Å². The van der Waals surface area contributed by atoms with Crippen molar-refractivity contribution in [3.8, 4) is 0 Å². The molecule has 3 heterocycles. The summed E-state index contributed by atoms with van der Waals surface area (Å²) in [7, 11) is 3.93. The standard InChI is InChI=1S/C34H48FN5O3/c1-38(2)23-12-10-22(11-13-23)37-34(42)26-20-40-28-14-9-21-7-3-4-8-24(21)32(28)43-33-29(36-15-18-39-16-5-6-17-39)27(35)19-25(30(33)40)31(26)41/h10-13,20-21,24-25,27-30,32-33,36H,3-9,14-19H2,1-2H3,(H,37,42). The Hall–Kier alpha value is -2.49. The second-order valence-corrected chi connectivity index (χ2v) is 14.0. The molecule has 5 fully saturated rings.